The quantitative estimate of drug-likeness (QED) is 0.738. The van der Waals surface area contributed by atoms with Crippen LogP contribution in [0.25, 0.3) is 0 Å². The van der Waals surface area contributed by atoms with E-state index in [2.05, 4.69) is 0 Å². The zero-order valence-electron chi connectivity index (χ0n) is 17.7. The molecule has 1 N–H and O–H groups in total. The Bertz CT molecular complexity index is 798. The molecule has 0 spiro atoms. The third-order valence-corrected chi connectivity index (χ3v) is 4.82. The van der Waals surface area contributed by atoms with E-state index >= 15 is 0 Å². The number of rotatable bonds is 5. The van der Waals surface area contributed by atoms with Crippen LogP contribution in [0, 0.1) is 0 Å². The van der Waals surface area contributed by atoms with Crippen LogP contribution in [0.3, 0.4) is 0 Å². The number of carbonyl (C=O) groups excluding carboxylic acids is 1. The van der Waals surface area contributed by atoms with Gasteiger partial charge in [-0.15, -0.1) is 0 Å². The zero-order valence-corrected chi connectivity index (χ0v) is 17.7. The molecule has 1 fully saturated rings. The molecule has 1 aliphatic heterocycles. The molecule has 0 bridgehead atoms. The van der Waals surface area contributed by atoms with E-state index in [4.69, 9.17) is 13.9 Å². The maximum absolute atomic E-state index is 13.0. The van der Waals surface area contributed by atoms with E-state index in [-0.39, 0.29) is 13.2 Å². The number of nitrogens with zero attached hydrogens (tertiary/aromatic N) is 2. The van der Waals surface area contributed by atoms with Gasteiger partial charge in [0.2, 0.25) is 0 Å². The molecule has 2 aromatic rings. The summed E-state index contributed by atoms with van der Waals surface area (Å²) in [7, 11) is 0. The predicted molar refractivity (Wildman–Crippen MR) is 107 cm³/mol. The molecule has 158 valence electrons. The van der Waals surface area contributed by atoms with Crippen LogP contribution in [-0.4, -0.2) is 45.2 Å². The van der Waals surface area contributed by atoms with Gasteiger partial charge in [0.15, 0.2) is 0 Å². The molecule has 0 radical (unpaired) electrons. The highest BCUT2D eigenvalue weighted by Gasteiger charge is 2.51. The Balaban J connectivity index is 1.92. The fourth-order valence-electron chi connectivity index (χ4n) is 3.59. The lowest BCUT2D eigenvalue weighted by atomic mass is 10.0. The topological polar surface area (TPSA) is 75.4 Å². The van der Waals surface area contributed by atoms with E-state index in [1.54, 1.807) is 23.3 Å². The normalized spacial score (nSPS) is 20.1. The van der Waals surface area contributed by atoms with Gasteiger partial charge in [-0.25, -0.2) is 4.79 Å². The first-order chi connectivity index (χ1) is 13.6. The van der Waals surface area contributed by atoms with Gasteiger partial charge in [0.1, 0.15) is 23.1 Å². The third-order valence-electron chi connectivity index (χ3n) is 4.82. The number of hydrogen-bond acceptors (Lipinski definition) is 6. The van der Waals surface area contributed by atoms with E-state index in [0.29, 0.717) is 5.76 Å². The largest absolute Gasteiger partial charge is 0.468 e. The Morgan fingerprint density at radius 1 is 1.28 bits per heavy atom. The van der Waals surface area contributed by atoms with Gasteiger partial charge >= 0.3 is 6.09 Å². The predicted octanol–water partition coefficient (Wildman–Crippen LogP) is 4.58. The van der Waals surface area contributed by atoms with Crippen LogP contribution in [0.1, 0.15) is 52.0 Å². The molecule has 1 aromatic carbocycles. The van der Waals surface area contributed by atoms with E-state index in [1.807, 2.05) is 65.0 Å². The van der Waals surface area contributed by atoms with Crippen LogP contribution in [0.2, 0.25) is 0 Å². The second-order valence-electron chi connectivity index (χ2n) is 8.72. The molecule has 3 rings (SSSR count). The number of hydrogen-bond donors (Lipinski definition) is 1. The van der Waals surface area contributed by atoms with Gasteiger partial charge in [-0.1, -0.05) is 30.3 Å². The number of furan rings is 1. The molecule has 0 saturated carbocycles. The van der Waals surface area contributed by atoms with Crippen molar-refractivity contribution in [2.24, 2.45) is 0 Å². The van der Waals surface area contributed by atoms with Gasteiger partial charge < -0.3 is 19.1 Å². The Morgan fingerprint density at radius 2 is 1.97 bits per heavy atom. The second-order valence-corrected chi connectivity index (χ2v) is 8.72. The van der Waals surface area contributed by atoms with Crippen LogP contribution >= 0.6 is 0 Å². The lowest BCUT2D eigenvalue weighted by Gasteiger charge is -2.39. The molecule has 1 amide bonds. The molecular weight excluding hydrogens is 372 g/mol. The number of ether oxygens (including phenoxy) is 2. The molecule has 7 heteroatoms. The van der Waals surface area contributed by atoms with Crippen molar-refractivity contribution in [2.45, 2.75) is 64.6 Å². The van der Waals surface area contributed by atoms with Crippen molar-refractivity contribution in [1.29, 1.82) is 0 Å². The number of hydroxylamine groups is 2. The molecule has 0 unspecified atom stereocenters. The summed E-state index contributed by atoms with van der Waals surface area (Å²) in [5.74, 6) is 0.545. The van der Waals surface area contributed by atoms with Crippen molar-refractivity contribution in [3.8, 4) is 0 Å². The molecule has 2 atom stereocenters. The van der Waals surface area contributed by atoms with Crippen LogP contribution < -0.4 is 0 Å². The maximum atomic E-state index is 13.0. The summed E-state index contributed by atoms with van der Waals surface area (Å²) in [5, 5.41) is 12.2. The molecule has 0 aliphatic carbocycles. The molecule has 1 saturated heterocycles. The second kappa shape index (κ2) is 8.18. The fraction of sp³-hybridized carbons (Fsp3) is 0.500. The minimum atomic E-state index is -0.884. The standard InChI is InChI=1S/C22H30N2O5/c1-21(2,3)29-20(25)24-17(15-28-22(24,4)5)19(18-12-9-13-27-18)23(26)14-16-10-7-6-8-11-16/h6-13,17,19,26H,14-15H2,1-5H3/t17-,19+/m0/s1. The van der Waals surface area contributed by atoms with Gasteiger partial charge in [-0.05, 0) is 52.3 Å². The van der Waals surface area contributed by atoms with Crippen molar-refractivity contribution in [3.05, 3.63) is 60.1 Å². The summed E-state index contributed by atoms with van der Waals surface area (Å²) in [5.41, 5.74) is -0.594. The first-order valence-corrected chi connectivity index (χ1v) is 9.77. The summed E-state index contributed by atoms with van der Waals surface area (Å²) in [4.78, 5) is 14.6. The number of carbonyl (C=O) groups is 1. The Hall–Kier alpha value is -2.35. The summed E-state index contributed by atoms with van der Waals surface area (Å²) in [6.07, 6.45) is 1.06. The first-order valence-electron chi connectivity index (χ1n) is 9.77. The highest BCUT2D eigenvalue weighted by molar-refractivity contribution is 5.70. The van der Waals surface area contributed by atoms with E-state index in [1.165, 1.54) is 5.06 Å². The maximum Gasteiger partial charge on any atom is 0.412 e. The third kappa shape index (κ3) is 4.98. The average Bonchev–Trinajstić information content (AvgIpc) is 3.23. The SMILES string of the molecule is CC(C)(C)OC(=O)N1[C@H]([C@H](c2ccco2)N(O)Cc2ccccc2)COC1(C)C. The van der Waals surface area contributed by atoms with Crippen LogP contribution in [0.5, 0.6) is 0 Å². The number of benzene rings is 1. The van der Waals surface area contributed by atoms with Gasteiger partial charge in [0.25, 0.3) is 0 Å². The smallest absolute Gasteiger partial charge is 0.412 e. The van der Waals surface area contributed by atoms with Crippen molar-refractivity contribution < 1.29 is 23.9 Å². The molecular formula is C22H30N2O5. The van der Waals surface area contributed by atoms with Gasteiger partial charge in [0.05, 0.1) is 18.9 Å². The van der Waals surface area contributed by atoms with E-state index < -0.39 is 29.5 Å². The van der Waals surface area contributed by atoms with Crippen molar-refractivity contribution in [3.63, 3.8) is 0 Å². The van der Waals surface area contributed by atoms with Crippen molar-refractivity contribution in [1.82, 2.24) is 9.96 Å². The van der Waals surface area contributed by atoms with Gasteiger partial charge in [0, 0.05) is 6.54 Å². The summed E-state index contributed by atoms with van der Waals surface area (Å²) < 4.78 is 17.2. The van der Waals surface area contributed by atoms with Crippen molar-refractivity contribution >= 4 is 6.09 Å². The van der Waals surface area contributed by atoms with Gasteiger partial charge in [-0.3, -0.25) is 4.90 Å². The lowest BCUT2D eigenvalue weighted by molar-refractivity contribution is -0.159. The Kier molecular flexibility index (Phi) is 6.03. The monoisotopic (exact) mass is 402 g/mol. The minimum absolute atomic E-state index is 0.240. The highest BCUT2D eigenvalue weighted by atomic mass is 16.6. The van der Waals surface area contributed by atoms with E-state index in [0.717, 1.165) is 5.56 Å². The average molecular weight is 402 g/mol. The summed E-state index contributed by atoms with van der Waals surface area (Å²) in [6.45, 7) is 9.60. The van der Waals surface area contributed by atoms with Crippen LogP contribution in [0.15, 0.2) is 53.1 Å². The Labute approximate surface area is 171 Å². The van der Waals surface area contributed by atoms with Crippen LogP contribution in [-0.2, 0) is 16.0 Å². The first kappa shape index (κ1) is 21.4. The van der Waals surface area contributed by atoms with Crippen LogP contribution in [0.4, 0.5) is 4.79 Å². The summed E-state index contributed by atoms with van der Waals surface area (Å²) in [6, 6.07) is 12.0. The van der Waals surface area contributed by atoms with Gasteiger partial charge in [-0.2, -0.15) is 5.06 Å². The number of amides is 1. The molecule has 1 aliphatic rings. The minimum Gasteiger partial charge on any atom is -0.468 e. The molecule has 29 heavy (non-hydrogen) atoms. The Morgan fingerprint density at radius 3 is 2.55 bits per heavy atom. The van der Waals surface area contributed by atoms with E-state index in [9.17, 15) is 10.0 Å². The summed E-state index contributed by atoms with van der Waals surface area (Å²) >= 11 is 0. The lowest BCUT2D eigenvalue weighted by Crippen LogP contribution is -2.53. The molecule has 2 heterocycles. The molecule has 1 aromatic heterocycles. The molecule has 7 nitrogen and oxygen atoms in total. The fourth-order valence-corrected chi connectivity index (χ4v) is 3.59. The van der Waals surface area contributed by atoms with Crippen molar-refractivity contribution in [2.75, 3.05) is 6.61 Å². The zero-order chi connectivity index (χ0) is 21.2. The highest BCUT2D eigenvalue weighted by Crippen LogP contribution is 2.38.